The molecule has 0 fully saturated rings. The zero-order chi connectivity index (χ0) is 12.4. The van der Waals surface area contributed by atoms with E-state index in [2.05, 4.69) is 10.2 Å². The van der Waals surface area contributed by atoms with Crippen molar-refractivity contribution in [1.29, 1.82) is 0 Å². The van der Waals surface area contributed by atoms with Crippen LogP contribution in [-0.4, -0.2) is 39.6 Å². The molecular formula is C12H14N4O. The molecule has 0 unspecified atom stereocenters. The summed E-state index contributed by atoms with van der Waals surface area (Å²) in [5.74, 6) is -0.0700. The number of fused-ring (bicyclic) bond motifs is 1. The van der Waals surface area contributed by atoms with Gasteiger partial charge in [0.2, 0.25) is 0 Å². The molecule has 0 amide bonds. The molecule has 5 nitrogen and oxygen atoms in total. The number of hydrogen-bond donors (Lipinski definition) is 0. The third-order valence-corrected chi connectivity index (χ3v) is 2.31. The summed E-state index contributed by atoms with van der Waals surface area (Å²) in [6, 6.07) is 3.72. The Morgan fingerprint density at radius 1 is 1.41 bits per heavy atom. The number of rotatable bonds is 3. The van der Waals surface area contributed by atoms with Crippen molar-refractivity contribution in [1.82, 2.24) is 19.7 Å². The second-order valence-electron chi connectivity index (χ2n) is 4.05. The van der Waals surface area contributed by atoms with Crippen LogP contribution in [0, 0.1) is 6.92 Å². The third kappa shape index (κ3) is 2.33. The lowest BCUT2D eigenvalue weighted by molar-refractivity contribution is 0.104. The molecule has 0 N–H and O–H groups in total. The number of ketones is 1. The number of aromatic nitrogens is 3. The van der Waals surface area contributed by atoms with Gasteiger partial charge in [0.05, 0.1) is 23.0 Å². The van der Waals surface area contributed by atoms with Crippen LogP contribution in [0.1, 0.15) is 16.1 Å². The van der Waals surface area contributed by atoms with Gasteiger partial charge < -0.3 is 4.90 Å². The van der Waals surface area contributed by atoms with E-state index in [-0.39, 0.29) is 5.78 Å². The molecule has 0 bridgehead atoms. The number of hydrogen-bond acceptors (Lipinski definition) is 4. The highest BCUT2D eigenvalue weighted by Crippen LogP contribution is 2.11. The van der Waals surface area contributed by atoms with E-state index in [0.717, 1.165) is 11.2 Å². The maximum atomic E-state index is 11.9. The predicted molar refractivity (Wildman–Crippen MR) is 64.9 cm³/mol. The number of carbonyl (C=O) groups excluding carboxylic acids is 1. The van der Waals surface area contributed by atoms with Gasteiger partial charge in [0.25, 0.3) is 0 Å². The van der Waals surface area contributed by atoms with Crippen LogP contribution < -0.4 is 0 Å². The minimum Gasteiger partial charge on any atom is -0.383 e. The normalized spacial score (nSPS) is 11.2. The molecular weight excluding hydrogens is 216 g/mol. The first-order valence-corrected chi connectivity index (χ1v) is 5.28. The van der Waals surface area contributed by atoms with Gasteiger partial charge in [0.1, 0.15) is 0 Å². The summed E-state index contributed by atoms with van der Waals surface area (Å²) in [6.45, 7) is 1.88. The van der Waals surface area contributed by atoms with Crippen molar-refractivity contribution in [2.45, 2.75) is 6.92 Å². The van der Waals surface area contributed by atoms with Crippen molar-refractivity contribution in [2.24, 2.45) is 0 Å². The lowest BCUT2D eigenvalue weighted by atomic mass is 10.2. The van der Waals surface area contributed by atoms with Crippen LogP contribution in [0.4, 0.5) is 0 Å². The molecule has 2 rings (SSSR count). The minimum absolute atomic E-state index is 0.0700. The molecule has 88 valence electrons. The average molecular weight is 230 g/mol. The van der Waals surface area contributed by atoms with Crippen molar-refractivity contribution < 1.29 is 4.79 Å². The second kappa shape index (κ2) is 4.37. The Labute approximate surface area is 99.3 Å². The molecule has 0 aliphatic rings. The van der Waals surface area contributed by atoms with Crippen LogP contribution in [0.25, 0.3) is 5.52 Å². The van der Waals surface area contributed by atoms with E-state index in [4.69, 9.17) is 0 Å². The summed E-state index contributed by atoms with van der Waals surface area (Å²) in [6.07, 6.45) is 4.79. The van der Waals surface area contributed by atoms with Gasteiger partial charge in [-0.2, -0.15) is 14.8 Å². The van der Waals surface area contributed by atoms with E-state index in [1.54, 1.807) is 12.4 Å². The molecule has 0 aromatic carbocycles. The van der Waals surface area contributed by atoms with Gasteiger partial charge in [-0.3, -0.25) is 4.79 Å². The van der Waals surface area contributed by atoms with E-state index in [9.17, 15) is 4.79 Å². The molecule has 0 atom stereocenters. The quantitative estimate of drug-likeness (QED) is 0.589. The first-order chi connectivity index (χ1) is 8.08. The molecule has 2 heterocycles. The van der Waals surface area contributed by atoms with Gasteiger partial charge in [-0.15, -0.1) is 0 Å². The first-order valence-electron chi connectivity index (χ1n) is 5.28. The molecule has 5 heteroatoms. The first kappa shape index (κ1) is 11.3. The zero-order valence-electron chi connectivity index (χ0n) is 10.1. The fourth-order valence-corrected chi connectivity index (χ4v) is 1.46. The minimum atomic E-state index is -0.0700. The third-order valence-electron chi connectivity index (χ3n) is 2.31. The Kier molecular flexibility index (Phi) is 2.91. The molecule has 2 aromatic heterocycles. The Bertz CT molecular complexity index is 583. The lowest BCUT2D eigenvalue weighted by Gasteiger charge is -2.02. The second-order valence-corrected chi connectivity index (χ2v) is 4.05. The molecule has 0 aliphatic carbocycles. The highest BCUT2D eigenvalue weighted by atomic mass is 16.1. The molecule has 2 aromatic rings. The number of aryl methyl sites for hydroxylation is 1. The van der Waals surface area contributed by atoms with Crippen molar-refractivity contribution in [2.75, 3.05) is 14.1 Å². The Morgan fingerprint density at radius 3 is 2.88 bits per heavy atom. The fourth-order valence-electron chi connectivity index (χ4n) is 1.46. The summed E-state index contributed by atoms with van der Waals surface area (Å²) in [5.41, 5.74) is 2.16. The smallest absolute Gasteiger partial charge is 0.191 e. The molecule has 0 saturated carbocycles. The monoisotopic (exact) mass is 230 g/mol. The lowest BCUT2D eigenvalue weighted by Crippen LogP contribution is -2.03. The molecule has 17 heavy (non-hydrogen) atoms. The van der Waals surface area contributed by atoms with Crippen LogP contribution in [-0.2, 0) is 0 Å². The van der Waals surface area contributed by atoms with E-state index in [1.165, 1.54) is 10.7 Å². The number of nitrogens with zero attached hydrogens (tertiary/aromatic N) is 4. The largest absolute Gasteiger partial charge is 0.383 e. The number of carbonyl (C=O) groups is 1. The summed E-state index contributed by atoms with van der Waals surface area (Å²) < 4.78 is 1.48. The van der Waals surface area contributed by atoms with Gasteiger partial charge in [-0.25, -0.2) is 0 Å². The Balaban J connectivity index is 2.39. The summed E-state index contributed by atoms with van der Waals surface area (Å²) in [7, 11) is 3.73. The summed E-state index contributed by atoms with van der Waals surface area (Å²) in [5, 5.41) is 8.26. The summed E-state index contributed by atoms with van der Waals surface area (Å²) in [4.78, 5) is 13.7. The van der Waals surface area contributed by atoms with Gasteiger partial charge >= 0.3 is 0 Å². The summed E-state index contributed by atoms with van der Waals surface area (Å²) >= 11 is 0. The molecule has 0 saturated heterocycles. The Morgan fingerprint density at radius 2 is 2.18 bits per heavy atom. The highest BCUT2D eigenvalue weighted by molar-refractivity contribution is 6.09. The Hall–Kier alpha value is -2.17. The standard InChI is InChI=1S/C12H14N4O/c1-9-4-5-11-10(8-13-16(11)14-9)12(17)6-7-15(2)3/h4-8H,1-3H3/b7-6+. The van der Waals surface area contributed by atoms with E-state index >= 15 is 0 Å². The topological polar surface area (TPSA) is 50.5 Å². The zero-order valence-corrected chi connectivity index (χ0v) is 10.1. The van der Waals surface area contributed by atoms with Gasteiger partial charge in [0, 0.05) is 26.4 Å². The molecule has 0 aliphatic heterocycles. The average Bonchev–Trinajstić information content (AvgIpc) is 2.68. The fraction of sp³-hybridized carbons (Fsp3) is 0.250. The van der Waals surface area contributed by atoms with Crippen molar-refractivity contribution in [3.05, 3.63) is 41.9 Å². The van der Waals surface area contributed by atoms with Crippen LogP contribution in [0.3, 0.4) is 0 Å². The van der Waals surface area contributed by atoms with E-state index in [1.807, 2.05) is 38.1 Å². The van der Waals surface area contributed by atoms with Crippen LogP contribution in [0.15, 0.2) is 30.6 Å². The SMILES string of the molecule is Cc1ccc2c(C(=O)/C=C/N(C)C)cnn2n1. The maximum absolute atomic E-state index is 11.9. The van der Waals surface area contributed by atoms with Crippen molar-refractivity contribution in [3.63, 3.8) is 0 Å². The van der Waals surface area contributed by atoms with Crippen LogP contribution in [0.2, 0.25) is 0 Å². The van der Waals surface area contributed by atoms with Gasteiger partial charge in [-0.1, -0.05) is 0 Å². The van der Waals surface area contributed by atoms with Crippen LogP contribution >= 0.6 is 0 Å². The van der Waals surface area contributed by atoms with Gasteiger partial charge in [-0.05, 0) is 19.1 Å². The van der Waals surface area contributed by atoms with Crippen molar-refractivity contribution in [3.8, 4) is 0 Å². The predicted octanol–water partition coefficient (Wildman–Crippen LogP) is 1.30. The maximum Gasteiger partial charge on any atom is 0.191 e. The van der Waals surface area contributed by atoms with E-state index < -0.39 is 0 Å². The van der Waals surface area contributed by atoms with E-state index in [0.29, 0.717) is 5.56 Å². The van der Waals surface area contributed by atoms with Crippen LogP contribution in [0.5, 0.6) is 0 Å². The number of allylic oxidation sites excluding steroid dienone is 1. The van der Waals surface area contributed by atoms with Gasteiger partial charge in [0.15, 0.2) is 5.78 Å². The molecule has 0 radical (unpaired) electrons. The highest BCUT2D eigenvalue weighted by Gasteiger charge is 2.10. The molecule has 0 spiro atoms. The van der Waals surface area contributed by atoms with Crippen molar-refractivity contribution >= 4 is 11.3 Å².